The number of hydrogen-bond donors (Lipinski definition) is 2. The third-order valence-electron chi connectivity index (χ3n) is 3.62. The van der Waals surface area contributed by atoms with Gasteiger partial charge in [0, 0.05) is 24.7 Å². The molecule has 0 fully saturated rings. The van der Waals surface area contributed by atoms with Crippen LogP contribution in [0.4, 0.5) is 0 Å². The van der Waals surface area contributed by atoms with E-state index in [0.717, 1.165) is 11.1 Å². The molecule has 0 saturated carbocycles. The quantitative estimate of drug-likeness (QED) is 0.561. The van der Waals surface area contributed by atoms with Crippen molar-refractivity contribution < 1.29 is 9.59 Å². The Morgan fingerprint density at radius 1 is 1.24 bits per heavy atom. The normalized spacial score (nSPS) is 11.5. The molecule has 1 aromatic carbocycles. The number of aromatic amines is 1. The zero-order chi connectivity index (χ0) is 18.1. The number of rotatable bonds is 8. The topological polar surface area (TPSA) is 62.0 Å². The van der Waals surface area contributed by atoms with Crippen molar-refractivity contribution in [1.29, 1.82) is 0 Å². The lowest BCUT2D eigenvalue weighted by atomic mass is 10.0. The van der Waals surface area contributed by atoms with E-state index in [2.05, 4.69) is 16.9 Å². The van der Waals surface area contributed by atoms with Crippen LogP contribution in [-0.4, -0.2) is 16.7 Å². The third-order valence-corrected chi connectivity index (χ3v) is 3.62. The Morgan fingerprint density at radius 2 is 2.00 bits per heavy atom. The molecule has 2 rings (SSSR count). The molecule has 0 unspecified atom stereocenters. The molecule has 4 heteroatoms. The zero-order valence-electron chi connectivity index (χ0n) is 14.3. The van der Waals surface area contributed by atoms with E-state index >= 15 is 0 Å². The predicted molar refractivity (Wildman–Crippen MR) is 100 cm³/mol. The van der Waals surface area contributed by atoms with Crippen LogP contribution in [0, 0.1) is 0 Å². The van der Waals surface area contributed by atoms with E-state index in [0.29, 0.717) is 17.8 Å². The van der Waals surface area contributed by atoms with E-state index in [-0.39, 0.29) is 18.1 Å². The van der Waals surface area contributed by atoms with Gasteiger partial charge in [-0.15, -0.1) is 0 Å². The van der Waals surface area contributed by atoms with Gasteiger partial charge in [0.05, 0.1) is 0 Å². The molecule has 1 aromatic heterocycles. The summed E-state index contributed by atoms with van der Waals surface area (Å²) in [5.74, 6) is -0.289. The second-order valence-corrected chi connectivity index (χ2v) is 5.55. The van der Waals surface area contributed by atoms with Gasteiger partial charge in [-0.05, 0) is 24.1 Å². The van der Waals surface area contributed by atoms with Crippen molar-refractivity contribution in [3.05, 3.63) is 95.9 Å². The van der Waals surface area contributed by atoms with Crippen molar-refractivity contribution in [2.75, 3.05) is 0 Å². The number of Topliss-reactive ketones (excluding diaryl/α,β-unsaturated/α-hetero) is 1. The summed E-state index contributed by atoms with van der Waals surface area (Å²) >= 11 is 0. The average molecular weight is 334 g/mol. The van der Waals surface area contributed by atoms with Crippen LogP contribution in [0.2, 0.25) is 0 Å². The lowest BCUT2D eigenvalue weighted by Gasteiger charge is -2.03. The lowest BCUT2D eigenvalue weighted by Crippen LogP contribution is -2.23. The Hall–Kier alpha value is -3.14. The average Bonchev–Trinajstić information content (AvgIpc) is 3.11. The highest BCUT2D eigenvalue weighted by molar-refractivity contribution is 6.01. The van der Waals surface area contributed by atoms with Crippen LogP contribution < -0.4 is 5.32 Å². The molecule has 2 N–H and O–H groups in total. The van der Waals surface area contributed by atoms with Gasteiger partial charge in [-0.25, -0.2) is 0 Å². The summed E-state index contributed by atoms with van der Waals surface area (Å²) in [4.78, 5) is 27.4. The first-order valence-electron chi connectivity index (χ1n) is 8.12. The summed E-state index contributed by atoms with van der Waals surface area (Å²) in [5.41, 5.74) is 2.76. The standard InChI is InChI=1S/C21H22N2O2/c1-3-8-16(9-4-2)12-20(24)18-13-19(22-15-18)21(25)23-14-17-10-6-5-7-11-17/h3-11,13,15,22H,1,12,14H2,2H3,(H,23,25)/b9-4-,16-8+. The van der Waals surface area contributed by atoms with E-state index in [9.17, 15) is 9.59 Å². The van der Waals surface area contributed by atoms with E-state index in [1.807, 2.05) is 49.4 Å². The summed E-state index contributed by atoms with van der Waals surface area (Å²) in [5, 5.41) is 2.83. The maximum Gasteiger partial charge on any atom is 0.267 e. The van der Waals surface area contributed by atoms with Gasteiger partial charge in [0.25, 0.3) is 5.91 Å². The number of amides is 1. The molecule has 0 spiro atoms. The third kappa shape index (κ3) is 5.46. The SMILES string of the molecule is C=C/C=C(\C=C/C)CC(=O)c1c[nH]c(C(=O)NCc2ccccc2)c1. The zero-order valence-corrected chi connectivity index (χ0v) is 14.3. The molecule has 128 valence electrons. The van der Waals surface area contributed by atoms with Gasteiger partial charge in [0.2, 0.25) is 0 Å². The predicted octanol–water partition coefficient (Wildman–Crippen LogP) is 4.21. The molecular formula is C21H22N2O2. The summed E-state index contributed by atoms with van der Waals surface area (Å²) in [6, 6.07) is 11.2. The first kappa shape index (κ1) is 18.2. The summed E-state index contributed by atoms with van der Waals surface area (Å²) in [7, 11) is 0. The Kier molecular flexibility index (Phi) is 6.72. The molecule has 0 radical (unpaired) electrons. The second kappa shape index (κ2) is 9.23. The molecule has 0 aliphatic heterocycles. The maximum absolute atomic E-state index is 12.4. The maximum atomic E-state index is 12.4. The van der Waals surface area contributed by atoms with Gasteiger partial charge in [-0.1, -0.05) is 61.2 Å². The summed E-state index contributed by atoms with van der Waals surface area (Å²) < 4.78 is 0. The smallest absolute Gasteiger partial charge is 0.267 e. The number of allylic oxidation sites excluding steroid dienone is 5. The molecule has 0 saturated heterocycles. The van der Waals surface area contributed by atoms with Crippen molar-refractivity contribution in [2.45, 2.75) is 19.9 Å². The van der Waals surface area contributed by atoms with Crippen molar-refractivity contribution in [3.8, 4) is 0 Å². The van der Waals surface area contributed by atoms with Crippen LogP contribution in [0.5, 0.6) is 0 Å². The fraction of sp³-hybridized carbons (Fsp3) is 0.143. The fourth-order valence-electron chi connectivity index (χ4n) is 2.39. The van der Waals surface area contributed by atoms with Crippen molar-refractivity contribution in [3.63, 3.8) is 0 Å². The first-order chi connectivity index (χ1) is 12.1. The molecule has 1 heterocycles. The monoisotopic (exact) mass is 334 g/mol. The number of ketones is 1. The van der Waals surface area contributed by atoms with Crippen LogP contribution >= 0.6 is 0 Å². The van der Waals surface area contributed by atoms with E-state index in [4.69, 9.17) is 0 Å². The number of nitrogens with one attached hydrogen (secondary N) is 2. The van der Waals surface area contributed by atoms with Gasteiger partial charge in [-0.3, -0.25) is 9.59 Å². The molecule has 0 aliphatic carbocycles. The molecule has 0 aliphatic rings. The summed E-state index contributed by atoms with van der Waals surface area (Å²) in [6.07, 6.45) is 9.04. The van der Waals surface area contributed by atoms with Crippen LogP contribution in [0.25, 0.3) is 0 Å². The van der Waals surface area contributed by atoms with Crippen molar-refractivity contribution in [1.82, 2.24) is 10.3 Å². The molecule has 1 amide bonds. The summed E-state index contributed by atoms with van der Waals surface area (Å²) in [6.45, 7) is 5.99. The molecule has 0 bridgehead atoms. The van der Waals surface area contributed by atoms with Crippen LogP contribution in [0.3, 0.4) is 0 Å². The second-order valence-electron chi connectivity index (χ2n) is 5.55. The molecule has 4 nitrogen and oxygen atoms in total. The Bertz CT molecular complexity index is 798. The van der Waals surface area contributed by atoms with Crippen LogP contribution in [0.1, 0.15) is 39.8 Å². The van der Waals surface area contributed by atoms with Crippen molar-refractivity contribution in [2.24, 2.45) is 0 Å². The van der Waals surface area contributed by atoms with Gasteiger partial charge >= 0.3 is 0 Å². The van der Waals surface area contributed by atoms with Gasteiger partial charge in [-0.2, -0.15) is 0 Å². The van der Waals surface area contributed by atoms with Gasteiger partial charge in [0.15, 0.2) is 5.78 Å². The lowest BCUT2D eigenvalue weighted by molar-refractivity contribution is 0.0946. The fourth-order valence-corrected chi connectivity index (χ4v) is 2.39. The molecule has 2 aromatic rings. The highest BCUT2D eigenvalue weighted by Gasteiger charge is 2.13. The molecule has 0 atom stereocenters. The number of H-pyrrole nitrogens is 1. The Balaban J connectivity index is 1.98. The Morgan fingerprint density at radius 3 is 2.68 bits per heavy atom. The number of hydrogen-bond acceptors (Lipinski definition) is 2. The van der Waals surface area contributed by atoms with E-state index < -0.39 is 0 Å². The van der Waals surface area contributed by atoms with E-state index in [1.54, 1.807) is 24.4 Å². The number of benzene rings is 1. The highest BCUT2D eigenvalue weighted by Crippen LogP contribution is 2.13. The molecular weight excluding hydrogens is 312 g/mol. The minimum Gasteiger partial charge on any atom is -0.356 e. The van der Waals surface area contributed by atoms with E-state index in [1.165, 1.54) is 0 Å². The minimum atomic E-state index is -0.238. The molecule has 25 heavy (non-hydrogen) atoms. The Labute approximate surface area is 148 Å². The number of carbonyl (C=O) groups excluding carboxylic acids is 2. The number of carbonyl (C=O) groups is 2. The first-order valence-corrected chi connectivity index (χ1v) is 8.12. The number of aromatic nitrogens is 1. The highest BCUT2D eigenvalue weighted by atomic mass is 16.2. The van der Waals surface area contributed by atoms with Gasteiger partial charge in [0.1, 0.15) is 5.69 Å². The largest absolute Gasteiger partial charge is 0.356 e. The van der Waals surface area contributed by atoms with Gasteiger partial charge < -0.3 is 10.3 Å². The van der Waals surface area contributed by atoms with Crippen LogP contribution in [-0.2, 0) is 6.54 Å². The van der Waals surface area contributed by atoms with Crippen LogP contribution in [0.15, 0.2) is 79.1 Å². The van der Waals surface area contributed by atoms with Crippen molar-refractivity contribution >= 4 is 11.7 Å². The minimum absolute atomic E-state index is 0.0513.